The molecular weight excluding hydrogens is 304 g/mol. The highest BCUT2D eigenvalue weighted by atomic mass is 35.5. The van der Waals surface area contributed by atoms with Crippen LogP contribution in [0.1, 0.15) is 6.92 Å². The summed E-state index contributed by atoms with van der Waals surface area (Å²) in [5.41, 5.74) is 1.95. The average molecular weight is 317 g/mol. The first kappa shape index (κ1) is 14.3. The summed E-state index contributed by atoms with van der Waals surface area (Å²) >= 11 is 5.95. The van der Waals surface area contributed by atoms with Gasteiger partial charge in [-0.05, 0) is 42.5 Å². The van der Waals surface area contributed by atoms with Gasteiger partial charge >= 0.3 is 0 Å². The van der Waals surface area contributed by atoms with Crippen molar-refractivity contribution in [3.05, 3.63) is 53.6 Å². The van der Waals surface area contributed by atoms with Crippen LogP contribution in [-0.4, -0.2) is 27.2 Å². The highest BCUT2D eigenvalue weighted by Crippen LogP contribution is 2.16. The number of carbonyl (C=O) groups is 1. The number of halogens is 1. The summed E-state index contributed by atoms with van der Waals surface area (Å²) in [6, 6.07) is 14.3. The summed E-state index contributed by atoms with van der Waals surface area (Å²) in [7, 11) is 0. The fraction of sp³-hybridized carbons (Fsp3) is 0.133. The van der Waals surface area contributed by atoms with Gasteiger partial charge in [-0.15, -0.1) is 5.10 Å². The molecule has 0 aliphatic heterocycles. The Morgan fingerprint density at radius 1 is 1.27 bits per heavy atom. The van der Waals surface area contributed by atoms with Gasteiger partial charge < -0.3 is 10.2 Å². The van der Waals surface area contributed by atoms with Crippen LogP contribution in [0.2, 0.25) is 5.02 Å². The Labute approximate surface area is 131 Å². The number of para-hydroxylation sites is 1. The van der Waals surface area contributed by atoms with Crippen LogP contribution in [0.4, 0.5) is 5.69 Å². The maximum Gasteiger partial charge on any atom is 0.267 e. The van der Waals surface area contributed by atoms with E-state index in [0.717, 1.165) is 0 Å². The second kappa shape index (κ2) is 6.03. The molecule has 6 nitrogen and oxygen atoms in total. The molecule has 0 bridgehead atoms. The van der Waals surface area contributed by atoms with Gasteiger partial charge in [0.25, 0.3) is 5.91 Å². The smallest absolute Gasteiger partial charge is 0.267 e. The number of rotatable bonds is 4. The highest BCUT2D eigenvalue weighted by Gasteiger charge is 2.17. The van der Waals surface area contributed by atoms with Gasteiger partial charge in [-0.2, -0.15) is 0 Å². The Morgan fingerprint density at radius 3 is 2.82 bits per heavy atom. The quantitative estimate of drug-likeness (QED) is 0.803. The molecule has 1 atom stereocenters. The van der Waals surface area contributed by atoms with E-state index in [4.69, 9.17) is 16.4 Å². The molecule has 0 spiro atoms. The molecule has 1 aromatic heterocycles. The highest BCUT2D eigenvalue weighted by molar-refractivity contribution is 6.31. The largest absolute Gasteiger partial charge is 0.382 e. The number of anilines is 1. The number of hydrogen-bond acceptors (Lipinski definition) is 4. The minimum absolute atomic E-state index is 0.281. The molecule has 2 aromatic carbocycles. The maximum absolute atomic E-state index is 12.1. The molecule has 0 aliphatic carbocycles. The predicted molar refractivity (Wildman–Crippen MR) is 83.7 cm³/mol. The summed E-state index contributed by atoms with van der Waals surface area (Å²) in [5.74, 6) is -0.281. The molecule has 1 N–H and O–H groups in total. The molecule has 0 fully saturated rings. The van der Waals surface area contributed by atoms with E-state index in [-0.39, 0.29) is 5.91 Å². The molecule has 0 saturated carbocycles. The lowest BCUT2D eigenvalue weighted by Gasteiger charge is -2.13. The molecule has 1 heterocycles. The number of hydrogen-bond donors (Lipinski definition) is 1. The Hall–Kier alpha value is -2.60. The van der Waals surface area contributed by atoms with E-state index < -0.39 is 6.10 Å². The molecule has 112 valence electrons. The van der Waals surface area contributed by atoms with Gasteiger partial charge in [0.2, 0.25) is 6.10 Å². The molecule has 3 rings (SSSR count). The van der Waals surface area contributed by atoms with E-state index in [0.29, 0.717) is 21.7 Å². The monoisotopic (exact) mass is 316 g/mol. The van der Waals surface area contributed by atoms with E-state index in [9.17, 15) is 4.79 Å². The third kappa shape index (κ3) is 3.01. The zero-order valence-electron chi connectivity index (χ0n) is 11.7. The van der Waals surface area contributed by atoms with E-state index in [1.165, 1.54) is 4.85 Å². The number of aromatic nitrogens is 3. The Bertz CT molecular complexity index is 804. The van der Waals surface area contributed by atoms with Crippen molar-refractivity contribution in [2.45, 2.75) is 13.0 Å². The van der Waals surface area contributed by atoms with Crippen LogP contribution in [0, 0.1) is 0 Å². The standard InChI is InChI=1S/C15H13ClN4O2/c1-10(15(21)17-12-5-3-2-4-6-12)22-20-14-9-11(16)7-8-13(14)18-19-20/h2-10H,1H3,(H,17,21). The lowest BCUT2D eigenvalue weighted by molar-refractivity contribution is -0.127. The van der Waals surface area contributed by atoms with Gasteiger partial charge in [0.1, 0.15) is 11.0 Å². The van der Waals surface area contributed by atoms with Crippen LogP contribution in [0.5, 0.6) is 0 Å². The normalized spacial score (nSPS) is 12.1. The molecule has 1 unspecified atom stereocenters. The fourth-order valence-corrected chi connectivity index (χ4v) is 2.08. The van der Waals surface area contributed by atoms with Gasteiger partial charge in [-0.25, -0.2) is 0 Å². The summed E-state index contributed by atoms with van der Waals surface area (Å²) in [6.07, 6.45) is -0.746. The van der Waals surface area contributed by atoms with Gasteiger partial charge in [0.15, 0.2) is 0 Å². The van der Waals surface area contributed by atoms with Crippen molar-refractivity contribution in [2.75, 3.05) is 5.32 Å². The van der Waals surface area contributed by atoms with Crippen molar-refractivity contribution in [1.82, 2.24) is 15.2 Å². The average Bonchev–Trinajstić information content (AvgIpc) is 2.90. The number of carbonyl (C=O) groups excluding carboxylic acids is 1. The van der Waals surface area contributed by atoms with Crippen molar-refractivity contribution in [3.63, 3.8) is 0 Å². The third-order valence-corrected chi connectivity index (χ3v) is 3.28. The summed E-state index contributed by atoms with van der Waals surface area (Å²) in [5, 5.41) is 11.1. The van der Waals surface area contributed by atoms with Crippen LogP contribution in [0.15, 0.2) is 48.5 Å². The molecule has 0 radical (unpaired) electrons. The van der Waals surface area contributed by atoms with E-state index in [2.05, 4.69) is 15.6 Å². The Morgan fingerprint density at radius 2 is 2.05 bits per heavy atom. The minimum atomic E-state index is -0.746. The van der Waals surface area contributed by atoms with Gasteiger partial charge in [0.05, 0.1) is 0 Å². The molecule has 0 saturated heterocycles. The Kier molecular flexibility index (Phi) is 3.93. The fourth-order valence-electron chi connectivity index (χ4n) is 1.91. The maximum atomic E-state index is 12.1. The van der Waals surface area contributed by atoms with Gasteiger partial charge in [-0.1, -0.05) is 34.6 Å². The zero-order chi connectivity index (χ0) is 15.5. The first-order chi connectivity index (χ1) is 10.6. The Balaban J connectivity index is 1.74. The molecule has 22 heavy (non-hydrogen) atoms. The topological polar surface area (TPSA) is 69.0 Å². The van der Waals surface area contributed by atoms with E-state index in [1.54, 1.807) is 37.3 Å². The van der Waals surface area contributed by atoms with E-state index in [1.807, 2.05) is 18.2 Å². The number of benzene rings is 2. The van der Waals surface area contributed by atoms with Crippen molar-refractivity contribution >= 4 is 34.2 Å². The number of nitrogens with one attached hydrogen (secondary N) is 1. The third-order valence-electron chi connectivity index (χ3n) is 3.05. The molecule has 7 heteroatoms. The van der Waals surface area contributed by atoms with Crippen molar-refractivity contribution < 1.29 is 9.63 Å². The molecule has 3 aromatic rings. The first-order valence-electron chi connectivity index (χ1n) is 6.67. The number of fused-ring (bicyclic) bond motifs is 1. The molecular formula is C15H13ClN4O2. The van der Waals surface area contributed by atoms with Crippen LogP contribution in [0.25, 0.3) is 11.0 Å². The summed E-state index contributed by atoms with van der Waals surface area (Å²) in [4.78, 5) is 18.9. The second-order valence-electron chi connectivity index (χ2n) is 4.70. The number of amides is 1. The zero-order valence-corrected chi connectivity index (χ0v) is 12.5. The lowest BCUT2D eigenvalue weighted by atomic mass is 10.3. The number of nitrogens with zero attached hydrogens (tertiary/aromatic N) is 3. The molecule has 1 amide bonds. The summed E-state index contributed by atoms with van der Waals surface area (Å²) < 4.78 is 0. The van der Waals surface area contributed by atoms with Crippen LogP contribution < -0.4 is 10.2 Å². The summed E-state index contributed by atoms with van der Waals surface area (Å²) in [6.45, 7) is 1.64. The van der Waals surface area contributed by atoms with Crippen molar-refractivity contribution in [1.29, 1.82) is 0 Å². The van der Waals surface area contributed by atoms with Crippen LogP contribution in [0.3, 0.4) is 0 Å². The van der Waals surface area contributed by atoms with Gasteiger partial charge in [0, 0.05) is 10.7 Å². The first-order valence-corrected chi connectivity index (χ1v) is 7.05. The van der Waals surface area contributed by atoms with Crippen molar-refractivity contribution in [3.8, 4) is 0 Å². The van der Waals surface area contributed by atoms with E-state index >= 15 is 0 Å². The minimum Gasteiger partial charge on any atom is -0.382 e. The van der Waals surface area contributed by atoms with Crippen molar-refractivity contribution in [2.24, 2.45) is 0 Å². The van der Waals surface area contributed by atoms with Crippen LogP contribution in [-0.2, 0) is 4.79 Å². The van der Waals surface area contributed by atoms with Crippen LogP contribution >= 0.6 is 11.6 Å². The second-order valence-corrected chi connectivity index (χ2v) is 5.13. The SMILES string of the molecule is CC(On1nnc2ccc(Cl)cc21)C(=O)Nc1ccccc1. The molecule has 0 aliphatic rings. The van der Waals surface area contributed by atoms with Gasteiger partial charge in [-0.3, -0.25) is 4.79 Å². The lowest BCUT2D eigenvalue weighted by Crippen LogP contribution is -2.35. The predicted octanol–water partition coefficient (Wildman–Crippen LogP) is 2.54.